The molecular formula is C4H7AgN. The summed E-state index contributed by atoms with van der Waals surface area (Å²) in [5.74, 6) is 0. The van der Waals surface area contributed by atoms with Crippen molar-refractivity contribution in [3.05, 3.63) is 12.3 Å². The molecule has 0 amide bonds. The first-order chi connectivity index (χ1) is 2.50. The van der Waals surface area contributed by atoms with Gasteiger partial charge in [-0.3, -0.25) is 0 Å². The van der Waals surface area contributed by atoms with Gasteiger partial charge in [0, 0.05) is 28.9 Å². The van der Waals surface area contributed by atoms with E-state index in [1.165, 1.54) is 6.42 Å². The van der Waals surface area contributed by atoms with Gasteiger partial charge in [-0.15, -0.1) is 0 Å². The molecule has 0 spiro atoms. The van der Waals surface area contributed by atoms with Gasteiger partial charge in [-0.25, -0.2) is 0 Å². The Hall–Kier alpha value is 0.280. The van der Waals surface area contributed by atoms with Crippen molar-refractivity contribution >= 4 is 0 Å². The summed E-state index contributed by atoms with van der Waals surface area (Å²) in [6.45, 7) is 1.14. The van der Waals surface area contributed by atoms with Crippen LogP contribution in [0, 0.1) is 0 Å². The van der Waals surface area contributed by atoms with E-state index in [9.17, 15) is 0 Å². The minimum absolute atomic E-state index is 0. The first-order valence-corrected chi connectivity index (χ1v) is 1.88. The van der Waals surface area contributed by atoms with E-state index >= 15 is 0 Å². The summed E-state index contributed by atoms with van der Waals surface area (Å²) in [5, 5.41) is 3.04. The van der Waals surface area contributed by atoms with Crippen LogP contribution in [0.25, 0.3) is 0 Å². The van der Waals surface area contributed by atoms with E-state index in [4.69, 9.17) is 0 Å². The van der Waals surface area contributed by atoms with Crippen LogP contribution in [-0.2, 0) is 22.4 Å². The van der Waals surface area contributed by atoms with E-state index in [2.05, 4.69) is 11.4 Å². The summed E-state index contributed by atoms with van der Waals surface area (Å²) in [5.41, 5.74) is 0. The van der Waals surface area contributed by atoms with Crippen molar-refractivity contribution < 1.29 is 22.4 Å². The molecule has 0 saturated carbocycles. The zero-order valence-corrected chi connectivity index (χ0v) is 4.85. The number of hydrogen-bond donors (Lipinski definition) is 1. The van der Waals surface area contributed by atoms with Crippen molar-refractivity contribution in [2.45, 2.75) is 6.42 Å². The molecule has 1 nitrogen and oxygen atoms in total. The molecule has 0 aliphatic carbocycles. The average molecular weight is 177 g/mol. The third-order valence-electron chi connectivity index (χ3n) is 0.691. The zero-order chi connectivity index (χ0) is 3.54. The van der Waals surface area contributed by atoms with E-state index in [1.54, 1.807) is 0 Å². The van der Waals surface area contributed by atoms with E-state index < -0.39 is 0 Å². The SMILES string of the molecule is C1=CNCC1.[Ag]. The largest absolute Gasteiger partial charge is 0.391 e. The molecule has 0 unspecified atom stereocenters. The molecule has 0 aromatic carbocycles. The fourth-order valence-corrected chi connectivity index (χ4v) is 0.417. The van der Waals surface area contributed by atoms with Gasteiger partial charge in [0.25, 0.3) is 0 Å². The molecule has 39 valence electrons. The van der Waals surface area contributed by atoms with Crippen LogP contribution in [0.1, 0.15) is 6.42 Å². The summed E-state index contributed by atoms with van der Waals surface area (Å²) in [6.07, 6.45) is 5.32. The van der Waals surface area contributed by atoms with Crippen LogP contribution in [-0.4, -0.2) is 6.54 Å². The van der Waals surface area contributed by atoms with Crippen LogP contribution in [0.3, 0.4) is 0 Å². The second kappa shape index (κ2) is 3.47. The second-order valence-electron chi connectivity index (χ2n) is 1.15. The molecule has 0 fully saturated rings. The van der Waals surface area contributed by atoms with Crippen LogP contribution >= 0.6 is 0 Å². The predicted molar refractivity (Wildman–Crippen MR) is 21.8 cm³/mol. The molecular weight excluding hydrogens is 170 g/mol. The first-order valence-electron chi connectivity index (χ1n) is 1.88. The molecule has 2 heteroatoms. The molecule has 1 rings (SSSR count). The zero-order valence-electron chi connectivity index (χ0n) is 3.37. The molecule has 6 heavy (non-hydrogen) atoms. The smallest absolute Gasteiger partial charge is 0.0176 e. The molecule has 1 N–H and O–H groups in total. The van der Waals surface area contributed by atoms with Gasteiger partial charge in [-0.2, -0.15) is 0 Å². The Kier molecular flexibility index (Phi) is 3.63. The summed E-state index contributed by atoms with van der Waals surface area (Å²) < 4.78 is 0. The monoisotopic (exact) mass is 176 g/mol. The fourth-order valence-electron chi connectivity index (χ4n) is 0.417. The summed E-state index contributed by atoms with van der Waals surface area (Å²) in [6, 6.07) is 0. The Balaban J connectivity index is 0.000000250. The summed E-state index contributed by atoms with van der Waals surface area (Å²) in [4.78, 5) is 0. The van der Waals surface area contributed by atoms with E-state index in [1.807, 2.05) is 6.20 Å². The molecule has 1 aliphatic heterocycles. The summed E-state index contributed by atoms with van der Waals surface area (Å²) in [7, 11) is 0. The number of hydrogen-bond acceptors (Lipinski definition) is 1. The molecule has 0 aromatic heterocycles. The van der Waals surface area contributed by atoms with Crippen molar-refractivity contribution in [2.24, 2.45) is 0 Å². The van der Waals surface area contributed by atoms with Gasteiger partial charge in [-0.05, 0) is 12.6 Å². The first kappa shape index (κ1) is 6.28. The maximum Gasteiger partial charge on any atom is 0.0176 e. The Bertz CT molecular complexity index is 45.5. The molecule has 0 saturated heterocycles. The molecule has 0 aromatic rings. The quantitative estimate of drug-likeness (QED) is 0.531. The van der Waals surface area contributed by atoms with Crippen LogP contribution in [0.5, 0.6) is 0 Å². The fraction of sp³-hybridized carbons (Fsp3) is 0.500. The van der Waals surface area contributed by atoms with Gasteiger partial charge in [0.1, 0.15) is 0 Å². The standard InChI is InChI=1S/C4H7N.Ag/c1-2-4-5-3-1;/h1,3,5H,2,4H2;. The van der Waals surface area contributed by atoms with Gasteiger partial charge >= 0.3 is 0 Å². The van der Waals surface area contributed by atoms with E-state index in [0.29, 0.717) is 0 Å². The molecule has 0 atom stereocenters. The Labute approximate surface area is 53.3 Å². The molecule has 0 bridgehead atoms. The molecule has 1 radical (unpaired) electrons. The Morgan fingerprint density at radius 2 is 2.33 bits per heavy atom. The van der Waals surface area contributed by atoms with E-state index in [-0.39, 0.29) is 22.4 Å². The Morgan fingerprint density at radius 1 is 1.50 bits per heavy atom. The Morgan fingerprint density at radius 3 is 2.50 bits per heavy atom. The molecule has 1 heterocycles. The predicted octanol–water partition coefficient (Wildman–Crippen LogP) is 0.491. The second-order valence-corrected chi connectivity index (χ2v) is 1.15. The topological polar surface area (TPSA) is 12.0 Å². The van der Waals surface area contributed by atoms with E-state index in [0.717, 1.165) is 6.54 Å². The minimum Gasteiger partial charge on any atom is -0.391 e. The maximum absolute atomic E-state index is 3.04. The molecule has 1 aliphatic rings. The van der Waals surface area contributed by atoms with Gasteiger partial charge in [0.05, 0.1) is 0 Å². The van der Waals surface area contributed by atoms with Gasteiger partial charge in [-0.1, -0.05) is 6.08 Å². The minimum atomic E-state index is 0. The number of nitrogens with one attached hydrogen (secondary N) is 1. The average Bonchev–Trinajstić information content (AvgIpc) is 1.76. The normalized spacial score (nSPS) is 16.0. The van der Waals surface area contributed by atoms with Crippen LogP contribution < -0.4 is 5.32 Å². The van der Waals surface area contributed by atoms with Gasteiger partial charge in [0.2, 0.25) is 0 Å². The van der Waals surface area contributed by atoms with Gasteiger partial charge in [0.15, 0.2) is 0 Å². The van der Waals surface area contributed by atoms with Crippen LogP contribution in [0.2, 0.25) is 0 Å². The van der Waals surface area contributed by atoms with Gasteiger partial charge < -0.3 is 5.32 Å². The third kappa shape index (κ3) is 1.65. The maximum atomic E-state index is 3.04. The number of rotatable bonds is 0. The van der Waals surface area contributed by atoms with Crippen molar-refractivity contribution in [1.29, 1.82) is 0 Å². The van der Waals surface area contributed by atoms with Crippen LogP contribution in [0.15, 0.2) is 12.3 Å². The van der Waals surface area contributed by atoms with Crippen molar-refractivity contribution in [3.8, 4) is 0 Å². The van der Waals surface area contributed by atoms with Crippen molar-refractivity contribution in [3.63, 3.8) is 0 Å². The van der Waals surface area contributed by atoms with Crippen molar-refractivity contribution in [1.82, 2.24) is 5.32 Å². The van der Waals surface area contributed by atoms with Crippen LogP contribution in [0.4, 0.5) is 0 Å². The summed E-state index contributed by atoms with van der Waals surface area (Å²) >= 11 is 0. The third-order valence-corrected chi connectivity index (χ3v) is 0.691. The van der Waals surface area contributed by atoms with Crippen molar-refractivity contribution in [2.75, 3.05) is 6.54 Å².